The molecule has 2 rings (SSSR count). The fourth-order valence-electron chi connectivity index (χ4n) is 1.59. The summed E-state index contributed by atoms with van der Waals surface area (Å²) in [5, 5.41) is 0. The molecule has 1 aromatic carbocycles. The minimum atomic E-state index is -0.0928. The monoisotopic (exact) mass is 241 g/mol. The first-order valence-electron chi connectivity index (χ1n) is 5.90. The third-order valence-electron chi connectivity index (χ3n) is 2.35. The van der Waals surface area contributed by atoms with Crippen LogP contribution in [0.4, 0.5) is 0 Å². The molecule has 0 atom stereocenters. The van der Waals surface area contributed by atoms with Crippen LogP contribution in [-0.4, -0.2) is 16.9 Å². The Balaban J connectivity index is 2.26. The highest BCUT2D eigenvalue weighted by Crippen LogP contribution is 2.13. The maximum atomic E-state index is 12.2. The molecule has 0 aliphatic rings. The van der Waals surface area contributed by atoms with Crippen molar-refractivity contribution in [2.45, 2.75) is 20.0 Å². The lowest BCUT2D eigenvalue weighted by molar-refractivity contribution is 0.103. The molecule has 0 N–H and O–H groups in total. The second-order valence-corrected chi connectivity index (χ2v) is 4.22. The van der Waals surface area contributed by atoms with Crippen molar-refractivity contribution in [1.29, 1.82) is 0 Å². The number of nitrogens with zero attached hydrogens (tertiary/aromatic N) is 1. The molecule has 0 saturated heterocycles. The Hall–Kier alpha value is -2.16. The van der Waals surface area contributed by atoms with Gasteiger partial charge in [0.15, 0.2) is 0 Å². The van der Waals surface area contributed by atoms with Gasteiger partial charge in [0.25, 0.3) is 0 Å². The molecule has 0 amide bonds. The van der Waals surface area contributed by atoms with Crippen molar-refractivity contribution < 1.29 is 9.53 Å². The largest absolute Gasteiger partial charge is 0.475 e. The molecule has 0 saturated carbocycles. The normalized spacial score (nSPS) is 10.4. The van der Waals surface area contributed by atoms with Crippen LogP contribution < -0.4 is 4.74 Å². The number of carbonyl (C=O) groups excluding carboxylic acids is 1. The molecule has 3 nitrogen and oxygen atoms in total. The van der Waals surface area contributed by atoms with Crippen LogP contribution in [0.3, 0.4) is 0 Å². The number of aromatic nitrogens is 1. The van der Waals surface area contributed by atoms with Gasteiger partial charge in [-0.2, -0.15) is 0 Å². The van der Waals surface area contributed by atoms with Crippen molar-refractivity contribution in [3.05, 3.63) is 59.8 Å². The van der Waals surface area contributed by atoms with E-state index in [0.29, 0.717) is 17.1 Å². The van der Waals surface area contributed by atoms with Crippen LogP contribution in [-0.2, 0) is 0 Å². The van der Waals surface area contributed by atoms with Gasteiger partial charge in [-0.1, -0.05) is 36.4 Å². The third kappa shape index (κ3) is 2.94. The number of hydrogen-bond acceptors (Lipinski definition) is 3. The van der Waals surface area contributed by atoms with Gasteiger partial charge < -0.3 is 4.74 Å². The van der Waals surface area contributed by atoms with E-state index in [1.807, 2.05) is 32.0 Å². The van der Waals surface area contributed by atoms with Gasteiger partial charge in [0, 0.05) is 11.6 Å². The first kappa shape index (κ1) is 12.3. The summed E-state index contributed by atoms with van der Waals surface area (Å²) in [4.78, 5) is 16.4. The zero-order valence-electron chi connectivity index (χ0n) is 10.5. The van der Waals surface area contributed by atoms with Gasteiger partial charge in [-0.25, -0.2) is 4.98 Å². The molecular formula is C15H15NO2. The molecule has 18 heavy (non-hydrogen) atoms. The summed E-state index contributed by atoms with van der Waals surface area (Å²) in [6, 6.07) is 14.3. The lowest BCUT2D eigenvalue weighted by atomic mass is 10.1. The Morgan fingerprint density at radius 3 is 2.44 bits per heavy atom. The maximum absolute atomic E-state index is 12.2. The van der Waals surface area contributed by atoms with Crippen LogP contribution in [0.2, 0.25) is 0 Å². The summed E-state index contributed by atoms with van der Waals surface area (Å²) < 4.78 is 5.48. The molecule has 0 unspecified atom stereocenters. The van der Waals surface area contributed by atoms with Gasteiger partial charge in [0.2, 0.25) is 11.7 Å². The van der Waals surface area contributed by atoms with Crippen LogP contribution in [0.25, 0.3) is 0 Å². The first-order chi connectivity index (χ1) is 8.66. The van der Waals surface area contributed by atoms with Crippen molar-refractivity contribution in [3.8, 4) is 5.88 Å². The van der Waals surface area contributed by atoms with E-state index in [9.17, 15) is 4.79 Å². The van der Waals surface area contributed by atoms with E-state index in [1.165, 1.54) is 0 Å². The van der Waals surface area contributed by atoms with Gasteiger partial charge in [-0.15, -0.1) is 0 Å². The number of ether oxygens (including phenoxy) is 1. The van der Waals surface area contributed by atoms with Crippen molar-refractivity contribution in [3.63, 3.8) is 0 Å². The molecule has 0 aliphatic carbocycles. The standard InChI is InChI=1S/C15H15NO2/c1-11(2)18-14-10-6-9-13(16-14)15(17)12-7-4-3-5-8-12/h3-11H,1-2H3. The molecule has 1 aromatic heterocycles. The maximum Gasteiger partial charge on any atom is 0.214 e. The van der Waals surface area contributed by atoms with Crippen LogP contribution in [0.5, 0.6) is 5.88 Å². The average molecular weight is 241 g/mol. The highest BCUT2D eigenvalue weighted by atomic mass is 16.5. The van der Waals surface area contributed by atoms with E-state index in [-0.39, 0.29) is 11.9 Å². The summed E-state index contributed by atoms with van der Waals surface area (Å²) in [6.45, 7) is 3.85. The van der Waals surface area contributed by atoms with E-state index in [0.717, 1.165) is 0 Å². The average Bonchev–Trinajstić information content (AvgIpc) is 2.38. The molecule has 0 spiro atoms. The molecule has 0 radical (unpaired) electrons. The highest BCUT2D eigenvalue weighted by Gasteiger charge is 2.11. The second-order valence-electron chi connectivity index (χ2n) is 4.22. The van der Waals surface area contributed by atoms with Gasteiger partial charge in [0.05, 0.1) is 6.10 Å². The van der Waals surface area contributed by atoms with Gasteiger partial charge in [-0.3, -0.25) is 4.79 Å². The minimum Gasteiger partial charge on any atom is -0.475 e. The number of hydrogen-bond donors (Lipinski definition) is 0. The quantitative estimate of drug-likeness (QED) is 0.772. The molecule has 0 fully saturated rings. The van der Waals surface area contributed by atoms with Gasteiger partial charge >= 0.3 is 0 Å². The molecule has 0 aliphatic heterocycles. The van der Waals surface area contributed by atoms with Gasteiger partial charge in [-0.05, 0) is 19.9 Å². The molecule has 1 heterocycles. The predicted molar refractivity (Wildman–Crippen MR) is 69.9 cm³/mol. The summed E-state index contributed by atoms with van der Waals surface area (Å²) >= 11 is 0. The zero-order chi connectivity index (χ0) is 13.0. The smallest absolute Gasteiger partial charge is 0.214 e. The van der Waals surface area contributed by atoms with E-state index in [4.69, 9.17) is 4.74 Å². The fraction of sp³-hybridized carbons (Fsp3) is 0.200. The molecular weight excluding hydrogens is 226 g/mol. The van der Waals surface area contributed by atoms with Gasteiger partial charge in [0.1, 0.15) is 5.69 Å². The van der Waals surface area contributed by atoms with Crippen molar-refractivity contribution in [2.75, 3.05) is 0 Å². The van der Waals surface area contributed by atoms with E-state index in [1.54, 1.807) is 30.3 Å². The Labute approximate surface area is 106 Å². The second kappa shape index (κ2) is 5.45. The molecule has 92 valence electrons. The van der Waals surface area contributed by atoms with Crippen molar-refractivity contribution in [1.82, 2.24) is 4.98 Å². The summed E-state index contributed by atoms with van der Waals surface area (Å²) in [5.41, 5.74) is 1.03. The topological polar surface area (TPSA) is 39.2 Å². The van der Waals surface area contributed by atoms with Crippen LogP contribution in [0.15, 0.2) is 48.5 Å². The van der Waals surface area contributed by atoms with Crippen LogP contribution >= 0.6 is 0 Å². The molecule has 0 bridgehead atoms. The summed E-state index contributed by atoms with van der Waals surface area (Å²) in [6.07, 6.45) is 0.0413. The van der Waals surface area contributed by atoms with Crippen LogP contribution in [0, 0.1) is 0 Å². The van der Waals surface area contributed by atoms with E-state index >= 15 is 0 Å². The Bertz CT molecular complexity index is 535. The van der Waals surface area contributed by atoms with Crippen LogP contribution in [0.1, 0.15) is 29.9 Å². The van der Waals surface area contributed by atoms with Crippen molar-refractivity contribution in [2.24, 2.45) is 0 Å². The first-order valence-corrected chi connectivity index (χ1v) is 5.90. The number of pyridine rings is 1. The van der Waals surface area contributed by atoms with E-state index < -0.39 is 0 Å². The fourth-order valence-corrected chi connectivity index (χ4v) is 1.59. The summed E-state index contributed by atoms with van der Waals surface area (Å²) in [5.74, 6) is 0.386. The Kier molecular flexibility index (Phi) is 3.72. The Morgan fingerprint density at radius 2 is 1.78 bits per heavy atom. The number of benzene rings is 1. The Morgan fingerprint density at radius 1 is 1.06 bits per heavy atom. The highest BCUT2D eigenvalue weighted by molar-refractivity contribution is 6.07. The number of rotatable bonds is 4. The SMILES string of the molecule is CC(C)Oc1cccc(C(=O)c2ccccc2)n1. The molecule has 2 aromatic rings. The molecule has 3 heteroatoms. The zero-order valence-corrected chi connectivity index (χ0v) is 10.5. The third-order valence-corrected chi connectivity index (χ3v) is 2.35. The summed E-state index contributed by atoms with van der Waals surface area (Å²) in [7, 11) is 0. The number of ketones is 1. The lowest BCUT2D eigenvalue weighted by Crippen LogP contribution is -2.09. The van der Waals surface area contributed by atoms with E-state index in [2.05, 4.69) is 4.98 Å². The minimum absolute atomic E-state index is 0.0413. The lowest BCUT2D eigenvalue weighted by Gasteiger charge is -2.09. The number of carbonyl (C=O) groups is 1. The van der Waals surface area contributed by atoms with Crippen molar-refractivity contribution >= 4 is 5.78 Å². The predicted octanol–water partition coefficient (Wildman–Crippen LogP) is 3.10.